The molecule has 1 fully saturated rings. The number of ether oxygens (including phenoxy) is 1. The third-order valence-corrected chi connectivity index (χ3v) is 3.31. The standard InChI is InChI=1S/C12H13Cl2NO2/c13-9-4-3-5-10(14)12(9)17-8-11(16)15-6-1-2-7-15/h3-5H,1-2,6-8H2. The molecular formula is C12H13Cl2NO2. The highest BCUT2D eigenvalue weighted by Crippen LogP contribution is 2.32. The molecule has 1 aliphatic heterocycles. The molecule has 0 spiro atoms. The molecule has 0 unspecified atom stereocenters. The summed E-state index contributed by atoms with van der Waals surface area (Å²) in [5, 5.41) is 0.846. The van der Waals surface area contributed by atoms with E-state index in [0.29, 0.717) is 15.8 Å². The van der Waals surface area contributed by atoms with Crippen molar-refractivity contribution in [1.29, 1.82) is 0 Å². The van der Waals surface area contributed by atoms with Gasteiger partial charge in [-0.25, -0.2) is 0 Å². The smallest absolute Gasteiger partial charge is 0.260 e. The fourth-order valence-electron chi connectivity index (χ4n) is 1.81. The molecule has 0 radical (unpaired) electrons. The van der Waals surface area contributed by atoms with Crippen LogP contribution in [0.3, 0.4) is 0 Å². The summed E-state index contributed by atoms with van der Waals surface area (Å²) in [6.45, 7) is 1.63. The molecule has 1 saturated heterocycles. The highest BCUT2D eigenvalue weighted by atomic mass is 35.5. The number of nitrogens with zero attached hydrogens (tertiary/aromatic N) is 1. The highest BCUT2D eigenvalue weighted by Gasteiger charge is 2.19. The van der Waals surface area contributed by atoms with Crippen molar-refractivity contribution in [2.24, 2.45) is 0 Å². The van der Waals surface area contributed by atoms with Crippen LogP contribution in [0.2, 0.25) is 10.0 Å². The van der Waals surface area contributed by atoms with E-state index >= 15 is 0 Å². The second kappa shape index (κ2) is 5.61. The number of amides is 1. The average Bonchev–Trinajstić information content (AvgIpc) is 2.81. The molecule has 1 aromatic rings. The number of rotatable bonds is 3. The van der Waals surface area contributed by atoms with Gasteiger partial charge in [-0.1, -0.05) is 29.3 Å². The Bertz CT molecular complexity index is 397. The molecule has 0 saturated carbocycles. The lowest BCUT2D eigenvalue weighted by molar-refractivity contribution is -0.132. The molecule has 0 aliphatic carbocycles. The molecule has 1 aliphatic rings. The van der Waals surface area contributed by atoms with Gasteiger partial charge in [0.1, 0.15) is 0 Å². The Hall–Kier alpha value is -0.930. The lowest BCUT2D eigenvalue weighted by atomic mass is 10.3. The molecule has 0 bridgehead atoms. The van der Waals surface area contributed by atoms with Crippen molar-refractivity contribution in [2.45, 2.75) is 12.8 Å². The maximum atomic E-state index is 11.8. The molecule has 0 aromatic heterocycles. The number of benzene rings is 1. The molecule has 1 heterocycles. The summed E-state index contributed by atoms with van der Waals surface area (Å²) in [5.74, 6) is 0.363. The molecular weight excluding hydrogens is 261 g/mol. The number of carbonyl (C=O) groups excluding carboxylic acids is 1. The van der Waals surface area contributed by atoms with Crippen molar-refractivity contribution in [3.8, 4) is 5.75 Å². The lowest BCUT2D eigenvalue weighted by Gasteiger charge is -2.16. The van der Waals surface area contributed by atoms with Gasteiger partial charge >= 0.3 is 0 Å². The minimum Gasteiger partial charge on any atom is -0.481 e. The van der Waals surface area contributed by atoms with E-state index in [2.05, 4.69) is 0 Å². The third kappa shape index (κ3) is 3.05. The van der Waals surface area contributed by atoms with Gasteiger partial charge in [0.2, 0.25) is 0 Å². The van der Waals surface area contributed by atoms with Crippen LogP contribution in [0.15, 0.2) is 18.2 Å². The number of likely N-dealkylation sites (tertiary alicyclic amines) is 1. The minimum atomic E-state index is -0.0153. The van der Waals surface area contributed by atoms with Crippen LogP contribution in [-0.2, 0) is 4.79 Å². The number of hydrogen-bond donors (Lipinski definition) is 0. The summed E-state index contributed by atoms with van der Waals surface area (Å²) in [6.07, 6.45) is 2.14. The predicted molar refractivity (Wildman–Crippen MR) is 67.8 cm³/mol. The molecule has 17 heavy (non-hydrogen) atoms. The first-order chi connectivity index (χ1) is 8.18. The second-order valence-electron chi connectivity index (χ2n) is 3.93. The van der Waals surface area contributed by atoms with E-state index in [1.165, 1.54) is 0 Å². The van der Waals surface area contributed by atoms with Crippen molar-refractivity contribution < 1.29 is 9.53 Å². The molecule has 2 rings (SSSR count). The maximum absolute atomic E-state index is 11.8. The lowest BCUT2D eigenvalue weighted by Crippen LogP contribution is -2.32. The fraction of sp³-hybridized carbons (Fsp3) is 0.417. The predicted octanol–water partition coefficient (Wildman–Crippen LogP) is 2.99. The number of halogens is 2. The maximum Gasteiger partial charge on any atom is 0.260 e. The fourth-order valence-corrected chi connectivity index (χ4v) is 2.32. The monoisotopic (exact) mass is 273 g/mol. The number of carbonyl (C=O) groups is 1. The van der Waals surface area contributed by atoms with Gasteiger partial charge in [-0.05, 0) is 25.0 Å². The van der Waals surface area contributed by atoms with Crippen LogP contribution in [0.5, 0.6) is 5.75 Å². The Balaban J connectivity index is 1.95. The first-order valence-electron chi connectivity index (χ1n) is 5.53. The van der Waals surface area contributed by atoms with Crippen molar-refractivity contribution in [3.63, 3.8) is 0 Å². The summed E-state index contributed by atoms with van der Waals surface area (Å²) in [5.41, 5.74) is 0. The van der Waals surface area contributed by atoms with Crippen molar-refractivity contribution in [3.05, 3.63) is 28.2 Å². The zero-order chi connectivity index (χ0) is 12.3. The quantitative estimate of drug-likeness (QED) is 0.848. The molecule has 3 nitrogen and oxygen atoms in total. The van der Waals surface area contributed by atoms with E-state index in [1.54, 1.807) is 23.1 Å². The van der Waals surface area contributed by atoms with Crippen molar-refractivity contribution >= 4 is 29.1 Å². The second-order valence-corrected chi connectivity index (χ2v) is 4.74. The average molecular weight is 274 g/mol. The zero-order valence-corrected chi connectivity index (χ0v) is 10.8. The van der Waals surface area contributed by atoms with Gasteiger partial charge in [-0.15, -0.1) is 0 Å². The Labute approximate surface area is 110 Å². The molecule has 1 aromatic carbocycles. The van der Waals surface area contributed by atoms with Crippen molar-refractivity contribution in [2.75, 3.05) is 19.7 Å². The molecule has 92 valence electrons. The van der Waals surface area contributed by atoms with E-state index in [4.69, 9.17) is 27.9 Å². The van der Waals surface area contributed by atoms with Crippen LogP contribution < -0.4 is 4.74 Å². The first-order valence-corrected chi connectivity index (χ1v) is 6.28. The van der Waals surface area contributed by atoms with E-state index in [-0.39, 0.29) is 12.5 Å². The summed E-state index contributed by atoms with van der Waals surface area (Å²) in [6, 6.07) is 5.10. The van der Waals surface area contributed by atoms with Crippen molar-refractivity contribution in [1.82, 2.24) is 4.90 Å². The van der Waals surface area contributed by atoms with Crippen LogP contribution >= 0.6 is 23.2 Å². The highest BCUT2D eigenvalue weighted by molar-refractivity contribution is 6.37. The first kappa shape index (κ1) is 12.5. The van der Waals surface area contributed by atoms with Gasteiger partial charge in [0, 0.05) is 13.1 Å². The van der Waals surface area contributed by atoms with Gasteiger partial charge in [0.05, 0.1) is 10.0 Å². The van der Waals surface area contributed by atoms with Crippen LogP contribution in [-0.4, -0.2) is 30.5 Å². The zero-order valence-electron chi connectivity index (χ0n) is 9.29. The Kier molecular flexibility index (Phi) is 4.13. The minimum absolute atomic E-state index is 0.0105. The van der Waals surface area contributed by atoms with Crippen LogP contribution in [0.4, 0.5) is 0 Å². The molecule has 0 atom stereocenters. The summed E-state index contributed by atoms with van der Waals surface area (Å²) >= 11 is 11.9. The van der Waals surface area contributed by atoms with Gasteiger partial charge < -0.3 is 9.64 Å². The van der Waals surface area contributed by atoms with E-state index < -0.39 is 0 Å². The molecule has 5 heteroatoms. The van der Waals surface area contributed by atoms with Crippen LogP contribution in [0, 0.1) is 0 Å². The topological polar surface area (TPSA) is 29.5 Å². The van der Waals surface area contributed by atoms with Crippen LogP contribution in [0.1, 0.15) is 12.8 Å². The Morgan fingerprint density at radius 3 is 2.41 bits per heavy atom. The van der Waals surface area contributed by atoms with Crippen LogP contribution in [0.25, 0.3) is 0 Å². The number of para-hydroxylation sites is 1. The Morgan fingerprint density at radius 1 is 1.24 bits per heavy atom. The van der Waals surface area contributed by atoms with Gasteiger partial charge in [-0.3, -0.25) is 4.79 Å². The SMILES string of the molecule is O=C(COc1c(Cl)cccc1Cl)N1CCCC1. The number of hydrogen-bond acceptors (Lipinski definition) is 2. The Morgan fingerprint density at radius 2 is 1.82 bits per heavy atom. The normalized spacial score (nSPS) is 15.1. The molecule has 0 N–H and O–H groups in total. The third-order valence-electron chi connectivity index (χ3n) is 2.72. The van der Waals surface area contributed by atoms with Gasteiger partial charge in [-0.2, -0.15) is 0 Å². The van der Waals surface area contributed by atoms with E-state index in [0.717, 1.165) is 25.9 Å². The summed E-state index contributed by atoms with van der Waals surface area (Å²) < 4.78 is 5.39. The summed E-state index contributed by atoms with van der Waals surface area (Å²) in [4.78, 5) is 13.6. The molecule has 1 amide bonds. The van der Waals surface area contributed by atoms with E-state index in [9.17, 15) is 4.79 Å². The van der Waals surface area contributed by atoms with Gasteiger partial charge in [0.15, 0.2) is 12.4 Å². The van der Waals surface area contributed by atoms with Gasteiger partial charge in [0.25, 0.3) is 5.91 Å². The summed E-state index contributed by atoms with van der Waals surface area (Å²) in [7, 11) is 0. The largest absolute Gasteiger partial charge is 0.481 e. The van der Waals surface area contributed by atoms with E-state index in [1.807, 2.05) is 0 Å².